The summed E-state index contributed by atoms with van der Waals surface area (Å²) in [5.41, 5.74) is 0.681. The molecule has 1 aliphatic rings. The van der Waals surface area contributed by atoms with Gasteiger partial charge in [-0.1, -0.05) is 0 Å². The van der Waals surface area contributed by atoms with Crippen molar-refractivity contribution in [2.45, 2.75) is 6.92 Å². The van der Waals surface area contributed by atoms with E-state index in [4.69, 9.17) is 9.47 Å². The van der Waals surface area contributed by atoms with Crippen LogP contribution in [0.25, 0.3) is 0 Å². The number of hydrogen-bond donors (Lipinski definition) is 0. The van der Waals surface area contributed by atoms with Crippen molar-refractivity contribution in [2.24, 2.45) is 0 Å². The molecule has 1 aromatic rings. The van der Waals surface area contributed by atoms with Gasteiger partial charge in [0.2, 0.25) is 0 Å². The zero-order valence-electron chi connectivity index (χ0n) is 10.3. The van der Waals surface area contributed by atoms with Gasteiger partial charge in [0.25, 0.3) is 5.91 Å². The first-order valence-corrected chi connectivity index (χ1v) is 7.09. The van der Waals surface area contributed by atoms with Crippen LogP contribution in [0.15, 0.2) is 18.2 Å². The lowest BCUT2D eigenvalue weighted by molar-refractivity contribution is 0.0302. The lowest BCUT2D eigenvalue weighted by Crippen LogP contribution is -2.40. The minimum absolute atomic E-state index is 0.0515. The molecule has 1 aromatic carbocycles. The first-order chi connectivity index (χ1) is 8.72. The van der Waals surface area contributed by atoms with E-state index in [-0.39, 0.29) is 5.91 Å². The molecule has 1 amide bonds. The van der Waals surface area contributed by atoms with Crippen LogP contribution in [0.4, 0.5) is 0 Å². The van der Waals surface area contributed by atoms with E-state index in [2.05, 4.69) is 22.6 Å². The summed E-state index contributed by atoms with van der Waals surface area (Å²) in [6.45, 7) is 5.10. The summed E-state index contributed by atoms with van der Waals surface area (Å²) in [7, 11) is 0. The third kappa shape index (κ3) is 3.14. The molecule has 0 spiro atoms. The quantitative estimate of drug-likeness (QED) is 0.775. The van der Waals surface area contributed by atoms with Crippen LogP contribution in [0.2, 0.25) is 0 Å². The van der Waals surface area contributed by atoms with E-state index in [1.54, 1.807) is 0 Å². The third-order valence-electron chi connectivity index (χ3n) is 2.78. The number of nitrogens with zero attached hydrogens (tertiary/aromatic N) is 1. The molecule has 4 nitrogen and oxygen atoms in total. The molecule has 0 atom stereocenters. The van der Waals surface area contributed by atoms with Crippen molar-refractivity contribution in [2.75, 3.05) is 32.9 Å². The van der Waals surface area contributed by atoms with Crippen LogP contribution >= 0.6 is 22.6 Å². The van der Waals surface area contributed by atoms with Crippen LogP contribution in [0.1, 0.15) is 17.3 Å². The maximum atomic E-state index is 12.3. The Kier molecular flexibility index (Phi) is 4.82. The van der Waals surface area contributed by atoms with Crippen molar-refractivity contribution in [3.8, 4) is 5.75 Å². The van der Waals surface area contributed by atoms with Crippen LogP contribution in [0.3, 0.4) is 0 Å². The SMILES string of the molecule is CCOc1cc(C(=O)N2CCOCC2)ccc1I. The van der Waals surface area contributed by atoms with Crippen molar-refractivity contribution in [1.82, 2.24) is 4.90 Å². The maximum Gasteiger partial charge on any atom is 0.254 e. The van der Waals surface area contributed by atoms with Gasteiger partial charge in [-0.05, 0) is 47.7 Å². The zero-order chi connectivity index (χ0) is 13.0. The van der Waals surface area contributed by atoms with E-state index in [0.29, 0.717) is 38.5 Å². The Morgan fingerprint density at radius 3 is 2.83 bits per heavy atom. The number of benzene rings is 1. The van der Waals surface area contributed by atoms with Crippen molar-refractivity contribution in [3.63, 3.8) is 0 Å². The highest BCUT2D eigenvalue weighted by molar-refractivity contribution is 14.1. The molecule has 0 saturated carbocycles. The van der Waals surface area contributed by atoms with Crippen LogP contribution in [-0.2, 0) is 4.74 Å². The topological polar surface area (TPSA) is 38.8 Å². The number of halogens is 1. The summed E-state index contributed by atoms with van der Waals surface area (Å²) in [5.74, 6) is 0.827. The second-order valence-corrected chi connectivity index (χ2v) is 5.14. The van der Waals surface area contributed by atoms with Gasteiger partial charge in [-0.2, -0.15) is 0 Å². The molecule has 1 aliphatic heterocycles. The normalized spacial score (nSPS) is 15.6. The second kappa shape index (κ2) is 6.38. The summed E-state index contributed by atoms with van der Waals surface area (Å²) >= 11 is 2.21. The monoisotopic (exact) mass is 361 g/mol. The Labute approximate surface area is 120 Å². The standard InChI is InChI=1S/C13H16INO3/c1-2-18-12-9-10(3-4-11(12)14)13(16)15-5-7-17-8-6-15/h3-4,9H,2,5-8H2,1H3. The van der Waals surface area contributed by atoms with Gasteiger partial charge in [0, 0.05) is 18.7 Å². The first-order valence-electron chi connectivity index (χ1n) is 6.01. The van der Waals surface area contributed by atoms with E-state index >= 15 is 0 Å². The van der Waals surface area contributed by atoms with Gasteiger partial charge in [-0.25, -0.2) is 0 Å². The predicted molar refractivity (Wildman–Crippen MR) is 77.1 cm³/mol. The highest BCUT2D eigenvalue weighted by Crippen LogP contribution is 2.23. The van der Waals surface area contributed by atoms with Gasteiger partial charge in [0.05, 0.1) is 23.4 Å². The molecule has 0 unspecified atom stereocenters. The van der Waals surface area contributed by atoms with Gasteiger partial charge in [0.15, 0.2) is 0 Å². The Balaban J connectivity index is 2.16. The van der Waals surface area contributed by atoms with Crippen LogP contribution in [0, 0.1) is 3.57 Å². The highest BCUT2D eigenvalue weighted by Gasteiger charge is 2.19. The van der Waals surface area contributed by atoms with E-state index in [1.807, 2.05) is 30.0 Å². The summed E-state index contributed by atoms with van der Waals surface area (Å²) < 4.78 is 11.8. The molecule has 2 rings (SSSR count). The average Bonchev–Trinajstić information content (AvgIpc) is 2.42. The van der Waals surface area contributed by atoms with Crippen molar-refractivity contribution in [1.29, 1.82) is 0 Å². The molecule has 1 heterocycles. The summed E-state index contributed by atoms with van der Waals surface area (Å²) in [6, 6.07) is 5.59. The zero-order valence-corrected chi connectivity index (χ0v) is 12.5. The Bertz CT molecular complexity index is 430. The fourth-order valence-electron chi connectivity index (χ4n) is 1.85. The minimum atomic E-state index is 0.0515. The largest absolute Gasteiger partial charge is 0.493 e. The maximum absolute atomic E-state index is 12.3. The third-order valence-corrected chi connectivity index (χ3v) is 3.67. The number of rotatable bonds is 3. The Morgan fingerprint density at radius 2 is 2.17 bits per heavy atom. The number of morpholine rings is 1. The second-order valence-electron chi connectivity index (χ2n) is 3.98. The number of amides is 1. The molecule has 0 aliphatic carbocycles. The van der Waals surface area contributed by atoms with Gasteiger partial charge in [0.1, 0.15) is 5.75 Å². The first kappa shape index (κ1) is 13.6. The van der Waals surface area contributed by atoms with Gasteiger partial charge >= 0.3 is 0 Å². The van der Waals surface area contributed by atoms with Crippen LogP contribution < -0.4 is 4.74 Å². The summed E-state index contributed by atoms with van der Waals surface area (Å²) in [6.07, 6.45) is 0. The lowest BCUT2D eigenvalue weighted by atomic mass is 10.2. The number of carbonyl (C=O) groups is 1. The average molecular weight is 361 g/mol. The van der Waals surface area contributed by atoms with Crippen molar-refractivity contribution >= 4 is 28.5 Å². The number of hydrogen-bond acceptors (Lipinski definition) is 3. The van der Waals surface area contributed by atoms with Gasteiger partial charge < -0.3 is 14.4 Å². The molecule has 18 heavy (non-hydrogen) atoms. The fourth-order valence-corrected chi connectivity index (χ4v) is 2.34. The summed E-state index contributed by atoms with van der Waals surface area (Å²) in [5, 5.41) is 0. The molecular formula is C13H16INO3. The van der Waals surface area contributed by atoms with E-state index < -0.39 is 0 Å². The Morgan fingerprint density at radius 1 is 1.44 bits per heavy atom. The lowest BCUT2D eigenvalue weighted by Gasteiger charge is -2.27. The molecule has 0 bridgehead atoms. The predicted octanol–water partition coefficient (Wildman–Crippen LogP) is 2.16. The fraction of sp³-hybridized carbons (Fsp3) is 0.462. The molecule has 5 heteroatoms. The van der Waals surface area contributed by atoms with E-state index in [1.165, 1.54) is 0 Å². The van der Waals surface area contributed by atoms with Crippen molar-refractivity contribution in [3.05, 3.63) is 27.3 Å². The Hall–Kier alpha value is -0.820. The molecule has 0 radical (unpaired) electrons. The smallest absolute Gasteiger partial charge is 0.254 e. The van der Waals surface area contributed by atoms with Crippen molar-refractivity contribution < 1.29 is 14.3 Å². The van der Waals surface area contributed by atoms with Crippen LogP contribution in [0.5, 0.6) is 5.75 Å². The van der Waals surface area contributed by atoms with E-state index in [9.17, 15) is 4.79 Å². The van der Waals surface area contributed by atoms with Gasteiger partial charge in [-0.15, -0.1) is 0 Å². The number of ether oxygens (including phenoxy) is 2. The number of carbonyl (C=O) groups excluding carboxylic acids is 1. The molecular weight excluding hydrogens is 345 g/mol. The van der Waals surface area contributed by atoms with Gasteiger partial charge in [-0.3, -0.25) is 4.79 Å². The van der Waals surface area contributed by atoms with Crippen LogP contribution in [-0.4, -0.2) is 43.7 Å². The highest BCUT2D eigenvalue weighted by atomic mass is 127. The minimum Gasteiger partial charge on any atom is -0.493 e. The molecule has 0 aromatic heterocycles. The summed E-state index contributed by atoms with van der Waals surface area (Å²) in [4.78, 5) is 14.1. The molecule has 1 saturated heterocycles. The molecule has 1 fully saturated rings. The van der Waals surface area contributed by atoms with E-state index in [0.717, 1.165) is 9.32 Å². The molecule has 98 valence electrons. The molecule has 0 N–H and O–H groups in total.